The topological polar surface area (TPSA) is 35.5 Å². The molecule has 0 saturated heterocycles. The summed E-state index contributed by atoms with van der Waals surface area (Å²) in [4.78, 5) is 2.18. The SMILES string of the molecule is Cc1ccc(N(C)C(C)(C)CO)c(CNC2CC2)c1. The van der Waals surface area contributed by atoms with Gasteiger partial charge in [-0.1, -0.05) is 17.7 Å². The number of aliphatic hydroxyl groups is 1. The molecule has 1 aromatic carbocycles. The summed E-state index contributed by atoms with van der Waals surface area (Å²) in [6.45, 7) is 7.30. The second-order valence-electron chi connectivity index (χ2n) is 6.32. The van der Waals surface area contributed by atoms with Gasteiger partial charge >= 0.3 is 0 Å². The number of benzene rings is 1. The summed E-state index contributed by atoms with van der Waals surface area (Å²) in [7, 11) is 2.06. The van der Waals surface area contributed by atoms with Gasteiger partial charge in [-0.25, -0.2) is 0 Å². The zero-order valence-electron chi connectivity index (χ0n) is 12.5. The smallest absolute Gasteiger partial charge is 0.0658 e. The van der Waals surface area contributed by atoms with E-state index in [4.69, 9.17) is 0 Å². The third-order valence-electron chi connectivity index (χ3n) is 4.05. The quantitative estimate of drug-likeness (QED) is 0.826. The molecule has 1 aromatic rings. The van der Waals surface area contributed by atoms with Crippen LogP contribution in [-0.4, -0.2) is 30.3 Å². The Hall–Kier alpha value is -1.06. The number of hydrogen-bond donors (Lipinski definition) is 2. The highest BCUT2D eigenvalue weighted by molar-refractivity contribution is 5.56. The van der Waals surface area contributed by atoms with Crippen LogP contribution in [0.2, 0.25) is 0 Å². The van der Waals surface area contributed by atoms with Crippen LogP contribution in [-0.2, 0) is 6.54 Å². The predicted molar refractivity (Wildman–Crippen MR) is 80.6 cm³/mol. The molecule has 0 bridgehead atoms. The molecular formula is C16H26N2O. The van der Waals surface area contributed by atoms with Crippen LogP contribution in [0.4, 0.5) is 5.69 Å². The summed E-state index contributed by atoms with van der Waals surface area (Å²) in [5.41, 5.74) is 3.56. The number of nitrogens with zero attached hydrogens (tertiary/aromatic N) is 1. The fourth-order valence-corrected chi connectivity index (χ4v) is 2.16. The van der Waals surface area contributed by atoms with Gasteiger partial charge in [0.05, 0.1) is 12.1 Å². The van der Waals surface area contributed by atoms with Crippen LogP contribution in [0.15, 0.2) is 18.2 Å². The molecule has 1 aliphatic rings. The molecular weight excluding hydrogens is 236 g/mol. The van der Waals surface area contributed by atoms with Crippen molar-refractivity contribution >= 4 is 5.69 Å². The van der Waals surface area contributed by atoms with Crippen molar-refractivity contribution in [2.75, 3.05) is 18.6 Å². The third kappa shape index (κ3) is 3.48. The van der Waals surface area contributed by atoms with E-state index in [2.05, 4.69) is 56.2 Å². The second kappa shape index (κ2) is 5.51. The first-order valence-electron chi connectivity index (χ1n) is 7.11. The van der Waals surface area contributed by atoms with Crippen molar-refractivity contribution in [1.82, 2.24) is 5.32 Å². The maximum Gasteiger partial charge on any atom is 0.0658 e. The summed E-state index contributed by atoms with van der Waals surface area (Å²) in [6.07, 6.45) is 2.61. The van der Waals surface area contributed by atoms with Crippen LogP contribution in [0.25, 0.3) is 0 Å². The summed E-state index contributed by atoms with van der Waals surface area (Å²) < 4.78 is 0. The molecule has 0 atom stereocenters. The summed E-state index contributed by atoms with van der Waals surface area (Å²) in [5, 5.41) is 13.1. The van der Waals surface area contributed by atoms with Crippen LogP contribution >= 0.6 is 0 Å². The van der Waals surface area contributed by atoms with E-state index in [0.717, 1.165) is 6.54 Å². The Bertz CT molecular complexity index is 438. The molecule has 0 spiro atoms. The molecule has 0 heterocycles. The lowest BCUT2D eigenvalue weighted by Gasteiger charge is -2.37. The van der Waals surface area contributed by atoms with Crippen molar-refractivity contribution in [3.8, 4) is 0 Å². The van der Waals surface area contributed by atoms with Crippen molar-refractivity contribution in [3.05, 3.63) is 29.3 Å². The van der Waals surface area contributed by atoms with Gasteiger partial charge in [-0.3, -0.25) is 0 Å². The van der Waals surface area contributed by atoms with Crippen molar-refractivity contribution < 1.29 is 5.11 Å². The number of likely N-dealkylation sites (N-methyl/N-ethyl adjacent to an activating group) is 1. The van der Waals surface area contributed by atoms with Gasteiger partial charge in [0, 0.05) is 25.3 Å². The first kappa shape index (κ1) is 14.4. The maximum atomic E-state index is 9.54. The third-order valence-corrected chi connectivity index (χ3v) is 4.05. The Labute approximate surface area is 116 Å². The monoisotopic (exact) mass is 262 g/mol. The van der Waals surface area contributed by atoms with Gasteiger partial charge in [0.15, 0.2) is 0 Å². The molecule has 0 radical (unpaired) electrons. The Morgan fingerprint density at radius 3 is 2.63 bits per heavy atom. The predicted octanol–water partition coefficient (Wildman–Crippen LogP) is 2.45. The van der Waals surface area contributed by atoms with E-state index in [-0.39, 0.29) is 12.1 Å². The standard InChI is InChI=1S/C16H26N2O/c1-12-5-8-15(18(4)16(2,3)11-19)13(9-12)10-17-14-6-7-14/h5,8-9,14,17,19H,6-7,10-11H2,1-4H3. The fraction of sp³-hybridized carbons (Fsp3) is 0.625. The highest BCUT2D eigenvalue weighted by Crippen LogP contribution is 2.28. The lowest BCUT2D eigenvalue weighted by Crippen LogP contribution is -2.45. The van der Waals surface area contributed by atoms with Crippen molar-refractivity contribution in [1.29, 1.82) is 0 Å². The molecule has 0 aromatic heterocycles. The maximum absolute atomic E-state index is 9.54. The van der Waals surface area contributed by atoms with Crippen LogP contribution in [0.1, 0.15) is 37.8 Å². The number of rotatable bonds is 6. The number of anilines is 1. The number of aliphatic hydroxyl groups excluding tert-OH is 1. The molecule has 0 unspecified atom stereocenters. The van der Waals surface area contributed by atoms with E-state index in [0.29, 0.717) is 6.04 Å². The van der Waals surface area contributed by atoms with E-state index < -0.39 is 0 Å². The molecule has 0 aliphatic heterocycles. The summed E-state index contributed by atoms with van der Waals surface area (Å²) >= 11 is 0. The van der Waals surface area contributed by atoms with E-state index in [1.807, 2.05) is 0 Å². The first-order chi connectivity index (χ1) is 8.94. The lowest BCUT2D eigenvalue weighted by atomic mass is 10.0. The first-order valence-corrected chi connectivity index (χ1v) is 7.11. The molecule has 3 nitrogen and oxygen atoms in total. The van der Waals surface area contributed by atoms with Gasteiger partial charge in [-0.2, -0.15) is 0 Å². The number of hydrogen-bond acceptors (Lipinski definition) is 3. The minimum absolute atomic E-state index is 0.146. The molecule has 3 heteroatoms. The zero-order valence-corrected chi connectivity index (χ0v) is 12.5. The van der Waals surface area contributed by atoms with Crippen LogP contribution in [0.3, 0.4) is 0 Å². The Morgan fingerprint density at radius 2 is 2.05 bits per heavy atom. The van der Waals surface area contributed by atoms with E-state index in [9.17, 15) is 5.11 Å². The molecule has 1 aliphatic carbocycles. The van der Waals surface area contributed by atoms with E-state index >= 15 is 0 Å². The number of aryl methyl sites for hydroxylation is 1. The summed E-state index contributed by atoms with van der Waals surface area (Å²) in [6, 6.07) is 7.26. The Morgan fingerprint density at radius 1 is 1.37 bits per heavy atom. The highest BCUT2D eigenvalue weighted by atomic mass is 16.3. The highest BCUT2D eigenvalue weighted by Gasteiger charge is 2.25. The Balaban J connectivity index is 2.21. The minimum atomic E-state index is -0.246. The van der Waals surface area contributed by atoms with E-state index in [1.165, 1.54) is 29.7 Å². The van der Waals surface area contributed by atoms with Gasteiger partial charge in [0.1, 0.15) is 0 Å². The number of nitrogens with one attached hydrogen (secondary N) is 1. The van der Waals surface area contributed by atoms with Gasteiger partial charge in [-0.05, 0) is 45.2 Å². The zero-order chi connectivity index (χ0) is 14.0. The van der Waals surface area contributed by atoms with Gasteiger partial charge in [0.2, 0.25) is 0 Å². The summed E-state index contributed by atoms with van der Waals surface area (Å²) in [5.74, 6) is 0. The molecule has 1 saturated carbocycles. The Kier molecular flexibility index (Phi) is 4.16. The van der Waals surface area contributed by atoms with Crippen molar-refractivity contribution in [2.24, 2.45) is 0 Å². The van der Waals surface area contributed by atoms with E-state index in [1.54, 1.807) is 0 Å². The molecule has 19 heavy (non-hydrogen) atoms. The average Bonchev–Trinajstić information content (AvgIpc) is 3.19. The van der Waals surface area contributed by atoms with Crippen LogP contribution < -0.4 is 10.2 Å². The lowest BCUT2D eigenvalue weighted by molar-refractivity contribution is 0.216. The largest absolute Gasteiger partial charge is 0.394 e. The molecule has 2 N–H and O–H groups in total. The minimum Gasteiger partial charge on any atom is -0.394 e. The van der Waals surface area contributed by atoms with Crippen molar-refractivity contribution in [3.63, 3.8) is 0 Å². The molecule has 2 rings (SSSR count). The molecule has 106 valence electrons. The average molecular weight is 262 g/mol. The van der Waals surface area contributed by atoms with Crippen LogP contribution in [0.5, 0.6) is 0 Å². The fourth-order valence-electron chi connectivity index (χ4n) is 2.16. The molecule has 1 fully saturated rings. The van der Waals surface area contributed by atoms with Crippen LogP contribution in [0, 0.1) is 6.92 Å². The normalized spacial score (nSPS) is 15.6. The second-order valence-corrected chi connectivity index (χ2v) is 6.32. The van der Waals surface area contributed by atoms with Gasteiger partial charge < -0.3 is 15.3 Å². The van der Waals surface area contributed by atoms with Gasteiger partial charge in [-0.15, -0.1) is 0 Å². The van der Waals surface area contributed by atoms with Gasteiger partial charge in [0.25, 0.3) is 0 Å². The molecule has 0 amide bonds. The van der Waals surface area contributed by atoms with Crippen molar-refractivity contribution in [2.45, 2.75) is 51.7 Å².